The third-order valence-electron chi connectivity index (χ3n) is 3.16. The Kier molecular flexibility index (Phi) is 2.49. The molecule has 1 aliphatic rings. The first-order chi connectivity index (χ1) is 7.92. The van der Waals surface area contributed by atoms with Gasteiger partial charge >= 0.3 is 0 Å². The summed E-state index contributed by atoms with van der Waals surface area (Å²) in [6.45, 7) is 0. The summed E-state index contributed by atoms with van der Waals surface area (Å²) < 4.78 is 5.87. The number of nitrogens with zero attached hydrogens (tertiary/aromatic N) is 1. The van der Waals surface area contributed by atoms with Crippen LogP contribution < -0.4 is 4.74 Å². The van der Waals surface area contributed by atoms with Crippen LogP contribution in [0.5, 0.6) is 5.88 Å². The molecule has 1 fully saturated rings. The van der Waals surface area contributed by atoms with E-state index in [2.05, 4.69) is 17.1 Å². The van der Waals surface area contributed by atoms with Crippen molar-refractivity contribution in [2.45, 2.75) is 31.8 Å². The second kappa shape index (κ2) is 4.12. The van der Waals surface area contributed by atoms with E-state index in [0.29, 0.717) is 6.10 Å². The minimum Gasteiger partial charge on any atom is -0.474 e. The Bertz CT molecular complexity index is 489. The number of para-hydroxylation sites is 1. The zero-order valence-corrected chi connectivity index (χ0v) is 9.23. The van der Waals surface area contributed by atoms with E-state index in [1.165, 1.54) is 31.1 Å². The zero-order chi connectivity index (χ0) is 10.8. The fourth-order valence-corrected chi connectivity index (χ4v) is 2.29. The standard InChI is InChI=1S/C14H15NO/c1-4-8-13-11(5-1)9-10-14(15-13)16-12-6-2-3-7-12/h1,4-5,8-10,12H,2-3,6-7H2. The van der Waals surface area contributed by atoms with Crippen molar-refractivity contribution in [2.24, 2.45) is 0 Å². The summed E-state index contributed by atoms with van der Waals surface area (Å²) in [5.41, 5.74) is 1.01. The molecule has 82 valence electrons. The molecule has 0 unspecified atom stereocenters. The van der Waals surface area contributed by atoms with Crippen LogP contribution in [0.4, 0.5) is 0 Å². The van der Waals surface area contributed by atoms with E-state index in [1.54, 1.807) is 0 Å². The maximum atomic E-state index is 5.87. The highest BCUT2D eigenvalue weighted by Crippen LogP contribution is 2.24. The quantitative estimate of drug-likeness (QED) is 0.761. The molecular weight excluding hydrogens is 198 g/mol. The topological polar surface area (TPSA) is 22.1 Å². The Balaban J connectivity index is 1.86. The highest BCUT2D eigenvalue weighted by molar-refractivity contribution is 5.78. The molecule has 1 saturated carbocycles. The molecule has 3 rings (SSSR count). The molecule has 0 atom stereocenters. The molecule has 2 heteroatoms. The number of aromatic nitrogens is 1. The molecule has 0 saturated heterocycles. The largest absolute Gasteiger partial charge is 0.474 e. The number of pyridine rings is 1. The van der Waals surface area contributed by atoms with Gasteiger partial charge in [0.2, 0.25) is 5.88 Å². The first-order valence-electron chi connectivity index (χ1n) is 5.94. The number of hydrogen-bond donors (Lipinski definition) is 0. The van der Waals surface area contributed by atoms with E-state index in [9.17, 15) is 0 Å². The monoisotopic (exact) mass is 213 g/mol. The Hall–Kier alpha value is -1.57. The van der Waals surface area contributed by atoms with Gasteiger partial charge in [0.05, 0.1) is 5.52 Å². The highest BCUT2D eigenvalue weighted by Gasteiger charge is 2.16. The minimum absolute atomic E-state index is 0.383. The van der Waals surface area contributed by atoms with Crippen molar-refractivity contribution in [3.63, 3.8) is 0 Å². The summed E-state index contributed by atoms with van der Waals surface area (Å²) in [6.07, 6.45) is 5.31. The Morgan fingerprint density at radius 3 is 2.69 bits per heavy atom. The summed E-state index contributed by atoms with van der Waals surface area (Å²) in [7, 11) is 0. The predicted octanol–water partition coefficient (Wildman–Crippen LogP) is 3.56. The molecule has 1 aromatic carbocycles. The van der Waals surface area contributed by atoms with Crippen molar-refractivity contribution in [3.05, 3.63) is 36.4 Å². The molecule has 1 aliphatic carbocycles. The predicted molar refractivity (Wildman–Crippen MR) is 64.6 cm³/mol. The average Bonchev–Trinajstić information content (AvgIpc) is 2.82. The molecule has 16 heavy (non-hydrogen) atoms. The van der Waals surface area contributed by atoms with Gasteiger partial charge in [0, 0.05) is 11.5 Å². The van der Waals surface area contributed by atoms with Crippen LogP contribution in [0.3, 0.4) is 0 Å². The lowest BCUT2D eigenvalue weighted by atomic mass is 10.2. The van der Waals surface area contributed by atoms with Gasteiger partial charge in [0.15, 0.2) is 0 Å². The van der Waals surface area contributed by atoms with Crippen LogP contribution in [-0.2, 0) is 0 Å². The van der Waals surface area contributed by atoms with Gasteiger partial charge in [0.1, 0.15) is 6.10 Å². The van der Waals surface area contributed by atoms with E-state index in [-0.39, 0.29) is 0 Å². The van der Waals surface area contributed by atoms with Crippen molar-refractivity contribution in [3.8, 4) is 5.88 Å². The van der Waals surface area contributed by atoms with Gasteiger partial charge in [0.25, 0.3) is 0 Å². The molecule has 0 amide bonds. The molecule has 0 spiro atoms. The van der Waals surface area contributed by atoms with Crippen LogP contribution in [0.2, 0.25) is 0 Å². The second-order valence-electron chi connectivity index (χ2n) is 4.37. The van der Waals surface area contributed by atoms with E-state index in [0.717, 1.165) is 11.4 Å². The van der Waals surface area contributed by atoms with E-state index in [4.69, 9.17) is 4.74 Å². The van der Waals surface area contributed by atoms with Crippen molar-refractivity contribution < 1.29 is 4.74 Å². The number of ether oxygens (including phenoxy) is 1. The van der Waals surface area contributed by atoms with Gasteiger partial charge in [-0.1, -0.05) is 18.2 Å². The van der Waals surface area contributed by atoms with Crippen molar-refractivity contribution in [1.82, 2.24) is 4.98 Å². The number of rotatable bonds is 2. The van der Waals surface area contributed by atoms with Gasteiger partial charge in [-0.05, 0) is 37.8 Å². The first kappa shape index (κ1) is 9.64. The van der Waals surface area contributed by atoms with Gasteiger partial charge in [-0.15, -0.1) is 0 Å². The summed E-state index contributed by atoms with van der Waals surface area (Å²) in [4.78, 5) is 4.52. The lowest BCUT2D eigenvalue weighted by Crippen LogP contribution is -2.11. The van der Waals surface area contributed by atoms with Gasteiger partial charge in [-0.2, -0.15) is 0 Å². The van der Waals surface area contributed by atoms with Crippen molar-refractivity contribution in [1.29, 1.82) is 0 Å². The van der Waals surface area contributed by atoms with Crippen molar-refractivity contribution >= 4 is 10.9 Å². The molecule has 0 radical (unpaired) electrons. The van der Waals surface area contributed by atoms with E-state index < -0.39 is 0 Å². The van der Waals surface area contributed by atoms with Crippen LogP contribution in [-0.4, -0.2) is 11.1 Å². The molecule has 0 N–H and O–H groups in total. The molecule has 0 aliphatic heterocycles. The third-order valence-corrected chi connectivity index (χ3v) is 3.16. The smallest absolute Gasteiger partial charge is 0.214 e. The zero-order valence-electron chi connectivity index (χ0n) is 9.23. The normalized spacial score (nSPS) is 16.8. The molecule has 2 aromatic rings. The maximum Gasteiger partial charge on any atom is 0.214 e. The number of benzene rings is 1. The molecule has 1 aromatic heterocycles. The van der Waals surface area contributed by atoms with Crippen LogP contribution in [0, 0.1) is 0 Å². The lowest BCUT2D eigenvalue weighted by Gasteiger charge is -2.12. The number of fused-ring (bicyclic) bond motifs is 1. The fourth-order valence-electron chi connectivity index (χ4n) is 2.29. The van der Waals surface area contributed by atoms with Crippen molar-refractivity contribution in [2.75, 3.05) is 0 Å². The van der Waals surface area contributed by atoms with E-state index >= 15 is 0 Å². The van der Waals surface area contributed by atoms with Crippen LogP contribution in [0.1, 0.15) is 25.7 Å². The van der Waals surface area contributed by atoms with Crippen LogP contribution in [0.15, 0.2) is 36.4 Å². The van der Waals surface area contributed by atoms with Crippen LogP contribution in [0.25, 0.3) is 10.9 Å². The molecule has 1 heterocycles. The van der Waals surface area contributed by atoms with E-state index in [1.807, 2.05) is 24.3 Å². The minimum atomic E-state index is 0.383. The summed E-state index contributed by atoms with van der Waals surface area (Å²) in [6, 6.07) is 12.2. The number of hydrogen-bond acceptors (Lipinski definition) is 2. The Morgan fingerprint density at radius 2 is 1.81 bits per heavy atom. The molecular formula is C14H15NO. The molecule has 0 bridgehead atoms. The second-order valence-corrected chi connectivity index (χ2v) is 4.37. The van der Waals surface area contributed by atoms with Crippen LogP contribution >= 0.6 is 0 Å². The summed E-state index contributed by atoms with van der Waals surface area (Å²) in [5, 5.41) is 1.17. The average molecular weight is 213 g/mol. The first-order valence-corrected chi connectivity index (χ1v) is 5.94. The lowest BCUT2D eigenvalue weighted by molar-refractivity contribution is 0.202. The van der Waals surface area contributed by atoms with Gasteiger partial charge < -0.3 is 4.74 Å². The highest BCUT2D eigenvalue weighted by atomic mass is 16.5. The van der Waals surface area contributed by atoms with Gasteiger partial charge in [-0.25, -0.2) is 4.98 Å². The van der Waals surface area contributed by atoms with Gasteiger partial charge in [-0.3, -0.25) is 0 Å². The summed E-state index contributed by atoms with van der Waals surface area (Å²) in [5.74, 6) is 0.769. The fraction of sp³-hybridized carbons (Fsp3) is 0.357. The molecule has 2 nitrogen and oxygen atoms in total. The SMILES string of the molecule is c1ccc2nc(OC3CCCC3)ccc2c1. The Labute approximate surface area is 95.3 Å². The summed E-state index contributed by atoms with van der Waals surface area (Å²) >= 11 is 0. The third kappa shape index (κ3) is 1.87. The Morgan fingerprint density at radius 1 is 1.00 bits per heavy atom. The maximum absolute atomic E-state index is 5.87.